The van der Waals surface area contributed by atoms with E-state index >= 15 is 0 Å². The lowest BCUT2D eigenvalue weighted by Gasteiger charge is -2.37. The number of hydrogen-bond donors (Lipinski definition) is 1. The van der Waals surface area contributed by atoms with Crippen molar-refractivity contribution < 1.29 is 13.2 Å². The Labute approximate surface area is 186 Å². The van der Waals surface area contributed by atoms with E-state index < -0.39 is 16.1 Å². The van der Waals surface area contributed by atoms with Crippen molar-refractivity contribution in [2.45, 2.75) is 37.6 Å². The molecule has 3 atom stereocenters. The van der Waals surface area contributed by atoms with Gasteiger partial charge in [-0.1, -0.05) is 50.2 Å². The molecule has 1 amide bonds. The second kappa shape index (κ2) is 9.02. The Balaban J connectivity index is 1.65. The SMILES string of the molecule is C[C@@H]1C[C@H](C)CN(C(=O)[C@@H](Cc2ccccc2)NS(=O)(=O)c2cccc3nsnc23)C1. The van der Waals surface area contributed by atoms with Crippen LogP contribution in [0, 0.1) is 11.8 Å². The van der Waals surface area contributed by atoms with Crippen LogP contribution in [-0.2, 0) is 21.2 Å². The van der Waals surface area contributed by atoms with Gasteiger partial charge in [-0.15, -0.1) is 0 Å². The Bertz CT molecular complexity index is 1150. The Hall–Kier alpha value is -2.36. The quantitative estimate of drug-likeness (QED) is 0.613. The van der Waals surface area contributed by atoms with Gasteiger partial charge in [0, 0.05) is 13.1 Å². The third-order valence-electron chi connectivity index (χ3n) is 5.60. The lowest BCUT2D eigenvalue weighted by molar-refractivity contribution is -0.135. The van der Waals surface area contributed by atoms with Crippen molar-refractivity contribution in [3.8, 4) is 0 Å². The fraction of sp³-hybridized carbons (Fsp3) is 0.409. The van der Waals surface area contributed by atoms with Crippen LogP contribution in [0.3, 0.4) is 0 Å². The Kier molecular flexibility index (Phi) is 6.36. The summed E-state index contributed by atoms with van der Waals surface area (Å²) < 4.78 is 37.6. The number of carbonyl (C=O) groups excluding carboxylic acids is 1. The van der Waals surface area contributed by atoms with Gasteiger partial charge in [-0.2, -0.15) is 13.5 Å². The van der Waals surface area contributed by atoms with E-state index in [2.05, 4.69) is 27.3 Å². The van der Waals surface area contributed by atoms with Crippen LogP contribution in [0.1, 0.15) is 25.8 Å². The van der Waals surface area contributed by atoms with Gasteiger partial charge in [0.2, 0.25) is 15.9 Å². The number of carbonyl (C=O) groups is 1. The normalized spacial score (nSPS) is 20.6. The molecular formula is C22H26N4O3S2. The molecule has 1 fully saturated rings. The molecular weight excluding hydrogens is 432 g/mol. The number of sulfonamides is 1. The van der Waals surface area contributed by atoms with Gasteiger partial charge in [0.15, 0.2) is 0 Å². The first-order chi connectivity index (χ1) is 14.8. The molecule has 0 spiro atoms. The molecule has 1 aliphatic rings. The fourth-order valence-electron chi connectivity index (χ4n) is 4.34. The van der Waals surface area contributed by atoms with Gasteiger partial charge >= 0.3 is 0 Å². The monoisotopic (exact) mass is 458 g/mol. The number of aromatic nitrogens is 2. The van der Waals surface area contributed by atoms with Crippen LogP contribution in [0.15, 0.2) is 53.4 Å². The summed E-state index contributed by atoms with van der Waals surface area (Å²) in [5.74, 6) is 0.586. The van der Waals surface area contributed by atoms with E-state index in [-0.39, 0.29) is 17.2 Å². The first kappa shape index (κ1) is 21.9. The first-order valence-electron chi connectivity index (χ1n) is 10.4. The number of piperidine rings is 1. The van der Waals surface area contributed by atoms with Gasteiger partial charge in [0.25, 0.3) is 0 Å². The second-order valence-corrected chi connectivity index (χ2v) is 10.7. The van der Waals surface area contributed by atoms with Crippen LogP contribution < -0.4 is 4.72 Å². The van der Waals surface area contributed by atoms with Gasteiger partial charge < -0.3 is 4.90 Å². The molecule has 4 rings (SSSR count). The Morgan fingerprint density at radius 3 is 2.52 bits per heavy atom. The van der Waals surface area contributed by atoms with Crippen LogP contribution in [0.4, 0.5) is 0 Å². The number of nitrogens with one attached hydrogen (secondary N) is 1. The second-order valence-electron chi connectivity index (χ2n) is 8.44. The van der Waals surface area contributed by atoms with E-state index in [0.717, 1.165) is 23.7 Å². The standard InChI is InChI=1S/C22H26N4O3S2/c1-15-11-16(2)14-26(13-15)22(27)19(12-17-7-4-3-5-8-17)25-31(28,29)20-10-6-9-18-21(20)24-30-23-18/h3-10,15-16,19,25H,11-14H2,1-2H3/t15-,16+,19-/m1/s1. The van der Waals surface area contributed by atoms with Crippen LogP contribution in [-0.4, -0.2) is 47.1 Å². The molecule has 0 bridgehead atoms. The number of nitrogens with zero attached hydrogens (tertiary/aromatic N) is 3. The van der Waals surface area contributed by atoms with Crippen molar-refractivity contribution in [2.24, 2.45) is 11.8 Å². The number of amides is 1. The van der Waals surface area contributed by atoms with E-state index in [1.165, 1.54) is 6.07 Å². The fourth-order valence-corrected chi connectivity index (χ4v) is 6.30. The van der Waals surface area contributed by atoms with Crippen molar-refractivity contribution in [3.63, 3.8) is 0 Å². The van der Waals surface area contributed by atoms with E-state index in [1.54, 1.807) is 17.0 Å². The zero-order valence-corrected chi connectivity index (χ0v) is 19.2. The third kappa shape index (κ3) is 4.94. The highest BCUT2D eigenvalue weighted by Gasteiger charge is 2.33. The zero-order valence-electron chi connectivity index (χ0n) is 17.6. The summed E-state index contributed by atoms with van der Waals surface area (Å²) >= 11 is 0.967. The van der Waals surface area contributed by atoms with Crippen LogP contribution >= 0.6 is 11.7 Å². The minimum absolute atomic E-state index is 0.0463. The van der Waals surface area contributed by atoms with Gasteiger partial charge in [-0.25, -0.2) is 8.42 Å². The molecule has 0 aliphatic carbocycles. The van der Waals surface area contributed by atoms with E-state index in [0.29, 0.717) is 36.0 Å². The molecule has 3 aromatic rings. The highest BCUT2D eigenvalue weighted by Crippen LogP contribution is 2.24. The minimum atomic E-state index is -3.98. The number of hydrogen-bond acceptors (Lipinski definition) is 6. The van der Waals surface area contributed by atoms with Gasteiger partial charge in [0.1, 0.15) is 22.0 Å². The molecule has 2 heterocycles. The molecule has 164 valence electrons. The average Bonchev–Trinajstić information content (AvgIpc) is 3.21. The van der Waals surface area contributed by atoms with Gasteiger partial charge in [-0.3, -0.25) is 4.79 Å². The van der Waals surface area contributed by atoms with Crippen LogP contribution in [0.5, 0.6) is 0 Å². The summed E-state index contributed by atoms with van der Waals surface area (Å²) in [6.07, 6.45) is 1.35. The van der Waals surface area contributed by atoms with Gasteiger partial charge in [0.05, 0.1) is 11.7 Å². The molecule has 1 aromatic heterocycles. The number of rotatable bonds is 6. The maximum Gasteiger partial charge on any atom is 0.243 e. The predicted molar refractivity (Wildman–Crippen MR) is 121 cm³/mol. The molecule has 31 heavy (non-hydrogen) atoms. The van der Waals surface area contributed by atoms with E-state index in [4.69, 9.17) is 0 Å². The maximum atomic E-state index is 13.5. The number of fused-ring (bicyclic) bond motifs is 1. The summed E-state index contributed by atoms with van der Waals surface area (Å²) in [5, 5.41) is 0. The molecule has 2 aromatic carbocycles. The average molecular weight is 459 g/mol. The molecule has 7 nitrogen and oxygen atoms in total. The summed E-state index contributed by atoms with van der Waals surface area (Å²) in [5.41, 5.74) is 1.75. The van der Waals surface area contributed by atoms with Crippen LogP contribution in [0.25, 0.3) is 11.0 Å². The topological polar surface area (TPSA) is 92.3 Å². The lowest BCUT2D eigenvalue weighted by Crippen LogP contribution is -2.53. The maximum absolute atomic E-state index is 13.5. The van der Waals surface area contributed by atoms with Crippen molar-refractivity contribution in [2.75, 3.05) is 13.1 Å². The van der Waals surface area contributed by atoms with Crippen molar-refractivity contribution in [3.05, 3.63) is 54.1 Å². The highest BCUT2D eigenvalue weighted by atomic mass is 32.2. The zero-order chi connectivity index (χ0) is 22.0. The van der Waals surface area contributed by atoms with Crippen molar-refractivity contribution in [1.82, 2.24) is 18.4 Å². The summed E-state index contributed by atoms with van der Waals surface area (Å²) in [6.45, 7) is 5.54. The molecule has 1 N–H and O–H groups in total. The smallest absolute Gasteiger partial charge is 0.243 e. The largest absolute Gasteiger partial charge is 0.341 e. The third-order valence-corrected chi connectivity index (χ3v) is 7.64. The Morgan fingerprint density at radius 2 is 1.81 bits per heavy atom. The summed E-state index contributed by atoms with van der Waals surface area (Å²) in [4.78, 5) is 15.3. The Morgan fingerprint density at radius 1 is 1.10 bits per heavy atom. The highest BCUT2D eigenvalue weighted by molar-refractivity contribution is 7.89. The summed E-state index contributed by atoms with van der Waals surface area (Å²) in [6, 6.07) is 13.4. The van der Waals surface area contributed by atoms with Crippen molar-refractivity contribution in [1.29, 1.82) is 0 Å². The number of likely N-dealkylation sites (tertiary alicyclic amines) is 1. The van der Waals surface area contributed by atoms with Crippen LogP contribution in [0.2, 0.25) is 0 Å². The van der Waals surface area contributed by atoms with Gasteiger partial charge in [-0.05, 0) is 42.4 Å². The predicted octanol–water partition coefficient (Wildman–Crippen LogP) is 3.09. The molecule has 0 radical (unpaired) electrons. The van der Waals surface area contributed by atoms with Crippen molar-refractivity contribution >= 4 is 38.7 Å². The molecule has 9 heteroatoms. The number of benzene rings is 2. The molecule has 0 unspecified atom stereocenters. The first-order valence-corrected chi connectivity index (χ1v) is 12.6. The molecule has 1 saturated heterocycles. The van der Waals surface area contributed by atoms with E-state index in [1.807, 2.05) is 30.3 Å². The minimum Gasteiger partial charge on any atom is -0.341 e. The lowest BCUT2D eigenvalue weighted by atomic mass is 9.91. The summed E-state index contributed by atoms with van der Waals surface area (Å²) in [7, 11) is -3.98. The molecule has 1 aliphatic heterocycles. The van der Waals surface area contributed by atoms with E-state index in [9.17, 15) is 13.2 Å². The molecule has 0 saturated carbocycles.